The van der Waals surface area contributed by atoms with Gasteiger partial charge in [0.1, 0.15) is 5.75 Å². The highest BCUT2D eigenvalue weighted by Crippen LogP contribution is 3.02. The Labute approximate surface area is 189 Å². The van der Waals surface area contributed by atoms with Crippen LogP contribution in [0.5, 0.6) is 5.75 Å². The highest BCUT2D eigenvalue weighted by atomic mass is 32.5. The van der Waals surface area contributed by atoms with Gasteiger partial charge in [-0.05, 0) is 61.6 Å². The molecule has 0 atom stereocenters. The lowest BCUT2D eigenvalue weighted by Gasteiger charge is -2.40. The molecule has 0 aliphatic heterocycles. The molecule has 1 nitrogen and oxygen atoms in total. The van der Waals surface area contributed by atoms with Crippen molar-refractivity contribution in [2.75, 3.05) is 0 Å². The molecule has 3 rings (SSSR count). The molecule has 0 aliphatic rings. The number of ether oxygens (including phenoxy) is 1. The van der Waals surface area contributed by atoms with Gasteiger partial charge in [-0.3, -0.25) is 0 Å². The normalized spacial score (nSPS) is 14.5. The Balaban J connectivity index is 2.00. The Morgan fingerprint density at radius 1 is 0.706 bits per heavy atom. The van der Waals surface area contributed by atoms with Crippen LogP contribution >= 0.6 is 10.2 Å². The van der Waals surface area contributed by atoms with Crippen molar-refractivity contribution in [2.24, 2.45) is 0 Å². The molecule has 3 aromatic rings. The molecule has 0 N–H and O–H groups in total. The zero-order valence-corrected chi connectivity index (χ0v) is 19.1. The van der Waals surface area contributed by atoms with Gasteiger partial charge in [-0.1, -0.05) is 49.3 Å². The Bertz CT molecular complexity index is 1250. The molecule has 34 heavy (non-hydrogen) atoms. The average Bonchev–Trinajstić information content (AvgIpc) is 2.56. The first kappa shape index (κ1) is 25.8. The van der Waals surface area contributed by atoms with Gasteiger partial charge in [-0.15, -0.1) is 0 Å². The van der Waals surface area contributed by atoms with Gasteiger partial charge in [-0.2, -0.15) is 8.78 Å². The predicted molar refractivity (Wildman–Crippen MR) is 113 cm³/mol. The summed E-state index contributed by atoms with van der Waals surface area (Å²) in [5, 5.41) is 0. The summed E-state index contributed by atoms with van der Waals surface area (Å²) in [6, 6.07) is 6.96. The van der Waals surface area contributed by atoms with E-state index in [9.17, 15) is 37.0 Å². The zero-order valence-electron chi connectivity index (χ0n) is 18.3. The van der Waals surface area contributed by atoms with E-state index in [1.807, 2.05) is 32.9 Å². The summed E-state index contributed by atoms with van der Waals surface area (Å²) in [7, 11) is -10.7. The topological polar surface area (TPSA) is 9.23 Å². The van der Waals surface area contributed by atoms with Crippen molar-refractivity contribution in [2.45, 2.75) is 38.7 Å². The molecule has 0 saturated carbocycles. The van der Waals surface area contributed by atoms with Crippen molar-refractivity contribution < 1.29 is 41.7 Å². The SMILES string of the molecule is Cc1cc(C)c(-c2ccc(C(F)(F)Oc3cc(F)c(S(F)(F)(F)(F)F)c(F)c3)c(C)c2)c(C)c1. The van der Waals surface area contributed by atoms with Crippen molar-refractivity contribution >= 4 is 10.2 Å². The summed E-state index contributed by atoms with van der Waals surface area (Å²) in [5.41, 5.74) is 3.56. The minimum Gasteiger partial charge on any atom is -0.429 e. The fraction of sp³-hybridized carbons (Fsp3) is 0.217. The highest BCUT2D eigenvalue weighted by Gasteiger charge is 2.69. The summed E-state index contributed by atoms with van der Waals surface area (Å²) < 4.78 is 126. The monoisotopic (exact) mass is 514 g/mol. The molecule has 0 bridgehead atoms. The highest BCUT2D eigenvalue weighted by molar-refractivity contribution is 8.45. The van der Waals surface area contributed by atoms with Crippen LogP contribution in [0.15, 0.2) is 47.4 Å². The van der Waals surface area contributed by atoms with Gasteiger partial charge in [0.25, 0.3) is 0 Å². The van der Waals surface area contributed by atoms with E-state index in [2.05, 4.69) is 4.74 Å². The maximum absolute atomic E-state index is 14.8. The molecule has 0 unspecified atom stereocenters. The van der Waals surface area contributed by atoms with Crippen LogP contribution in [-0.2, 0) is 6.11 Å². The second-order valence-electron chi connectivity index (χ2n) is 8.11. The van der Waals surface area contributed by atoms with Crippen molar-refractivity contribution in [3.8, 4) is 16.9 Å². The van der Waals surface area contributed by atoms with E-state index in [1.165, 1.54) is 19.1 Å². The van der Waals surface area contributed by atoms with E-state index in [0.717, 1.165) is 28.3 Å². The summed E-state index contributed by atoms with van der Waals surface area (Å²) in [6.45, 7) is 6.95. The van der Waals surface area contributed by atoms with Crippen LogP contribution in [0.25, 0.3) is 11.1 Å². The number of aryl methyl sites for hydroxylation is 4. The lowest BCUT2D eigenvalue weighted by atomic mass is 9.92. The number of halogens is 9. The fourth-order valence-electron chi connectivity index (χ4n) is 3.95. The number of alkyl halides is 2. The third-order valence-corrected chi connectivity index (χ3v) is 6.27. The molecule has 0 aromatic heterocycles. The molecule has 0 spiro atoms. The maximum atomic E-state index is 14.8. The second-order valence-corrected chi connectivity index (χ2v) is 10.5. The first-order valence-electron chi connectivity index (χ1n) is 9.69. The molecule has 0 fully saturated rings. The minimum absolute atomic E-state index is 0.0199. The summed E-state index contributed by atoms with van der Waals surface area (Å²) in [4.78, 5) is -3.42. The molecule has 186 valence electrons. The molecular weight excluding hydrogens is 495 g/mol. The molecule has 11 heteroatoms. The largest absolute Gasteiger partial charge is 0.429 e. The number of benzene rings is 3. The smallest absolute Gasteiger partial charge is 0.426 e. The molecule has 0 heterocycles. The van der Waals surface area contributed by atoms with E-state index >= 15 is 0 Å². The van der Waals surface area contributed by atoms with E-state index < -0.39 is 44.2 Å². The predicted octanol–water partition coefficient (Wildman–Crippen LogP) is 9.65. The van der Waals surface area contributed by atoms with Crippen LogP contribution in [0.4, 0.5) is 37.0 Å². The summed E-state index contributed by atoms with van der Waals surface area (Å²) in [5.74, 6) is -6.91. The number of rotatable bonds is 5. The number of hydrogen-bond acceptors (Lipinski definition) is 1. The standard InChI is InChI=1S/C23H19F9OS/c1-12-7-14(3)21(15(4)8-12)16-5-6-18(13(2)9-16)23(26,27)33-17-10-19(24)22(20(25)11-17)34(28,29,30,31)32/h5-11H,1-4H3. The Kier molecular flexibility index (Phi) is 5.57. The van der Waals surface area contributed by atoms with Crippen molar-refractivity contribution in [3.05, 3.63) is 81.9 Å². The van der Waals surface area contributed by atoms with Crippen molar-refractivity contribution in [3.63, 3.8) is 0 Å². The quantitative estimate of drug-likeness (QED) is 0.308. The third kappa shape index (κ3) is 5.13. The Morgan fingerprint density at radius 3 is 1.65 bits per heavy atom. The van der Waals surface area contributed by atoms with E-state index in [-0.39, 0.29) is 17.7 Å². The van der Waals surface area contributed by atoms with E-state index in [1.54, 1.807) is 0 Å². The first-order chi connectivity index (χ1) is 15.2. The number of hydrogen-bond donors (Lipinski definition) is 0. The van der Waals surface area contributed by atoms with E-state index in [4.69, 9.17) is 0 Å². The zero-order chi connectivity index (χ0) is 25.9. The van der Waals surface area contributed by atoms with Crippen LogP contribution in [0.3, 0.4) is 0 Å². The van der Waals surface area contributed by atoms with Gasteiger partial charge in [0.05, 0.1) is 5.56 Å². The lowest BCUT2D eigenvalue weighted by Crippen LogP contribution is -2.23. The molecule has 0 radical (unpaired) electrons. The molecule has 0 saturated heterocycles. The second kappa shape index (κ2) is 7.34. The van der Waals surface area contributed by atoms with Gasteiger partial charge < -0.3 is 4.74 Å². The Hall–Kier alpha value is -2.82. The first-order valence-corrected chi connectivity index (χ1v) is 11.6. The molecule has 0 aliphatic carbocycles. The fourth-order valence-corrected chi connectivity index (χ4v) is 4.80. The van der Waals surface area contributed by atoms with Gasteiger partial charge in [0.15, 0.2) is 16.5 Å². The van der Waals surface area contributed by atoms with Crippen molar-refractivity contribution in [1.82, 2.24) is 0 Å². The maximum Gasteiger partial charge on any atom is 0.426 e. The van der Waals surface area contributed by atoms with Gasteiger partial charge in [0, 0.05) is 12.1 Å². The average molecular weight is 514 g/mol. The summed E-state index contributed by atoms with van der Waals surface area (Å²) >= 11 is 0. The van der Waals surface area contributed by atoms with Gasteiger partial charge >= 0.3 is 16.3 Å². The van der Waals surface area contributed by atoms with Crippen LogP contribution in [0.1, 0.15) is 27.8 Å². The van der Waals surface area contributed by atoms with Crippen molar-refractivity contribution in [1.29, 1.82) is 0 Å². The van der Waals surface area contributed by atoms with Crippen LogP contribution in [0.2, 0.25) is 0 Å². The Morgan fingerprint density at radius 2 is 1.21 bits per heavy atom. The van der Waals surface area contributed by atoms with Gasteiger partial charge in [-0.25, -0.2) is 8.78 Å². The third-order valence-electron chi connectivity index (χ3n) is 5.11. The van der Waals surface area contributed by atoms with Crippen LogP contribution in [-0.4, -0.2) is 0 Å². The van der Waals surface area contributed by atoms with E-state index in [0.29, 0.717) is 5.56 Å². The van der Waals surface area contributed by atoms with Crippen LogP contribution in [0, 0.1) is 39.3 Å². The summed E-state index contributed by atoms with van der Waals surface area (Å²) in [6.07, 6.45) is -4.24. The lowest BCUT2D eigenvalue weighted by molar-refractivity contribution is -0.186. The molecule has 3 aromatic carbocycles. The minimum atomic E-state index is -10.7. The van der Waals surface area contributed by atoms with Crippen LogP contribution < -0.4 is 4.74 Å². The molecular formula is C23H19F9OS. The molecule has 0 amide bonds. The van der Waals surface area contributed by atoms with Gasteiger partial charge in [0.2, 0.25) is 0 Å².